The third kappa shape index (κ3) is 14.8. The molecule has 6 aliphatic rings. The maximum atomic E-state index is 15.6. The third-order valence-corrected chi connectivity index (χ3v) is 30.8. The highest BCUT2D eigenvalue weighted by atomic mass is 32.2. The lowest BCUT2D eigenvalue weighted by Gasteiger charge is -2.63. The van der Waals surface area contributed by atoms with Crippen molar-refractivity contribution in [1.29, 1.82) is 0 Å². The molecule has 10 atom stereocenters. The van der Waals surface area contributed by atoms with Crippen molar-refractivity contribution in [1.82, 2.24) is 30.1 Å². The van der Waals surface area contributed by atoms with Crippen LogP contribution in [0.5, 0.6) is 5.75 Å². The van der Waals surface area contributed by atoms with Gasteiger partial charge in [-0.2, -0.15) is 0 Å². The molecule has 7 heterocycles. The van der Waals surface area contributed by atoms with Crippen LogP contribution in [-0.2, 0) is 70.5 Å². The fraction of sp³-hybridized carbons (Fsp3) is 0.686. The molecular weight excluding hydrogens is 1250 g/mol. The van der Waals surface area contributed by atoms with Crippen molar-refractivity contribution in [2.75, 3.05) is 150 Å². The average Bonchev–Trinajstić information content (AvgIpc) is 1.45. The van der Waals surface area contributed by atoms with E-state index in [1.54, 1.807) is 18.9 Å². The predicted molar refractivity (Wildman–Crippen MR) is 369 cm³/mol. The molecule has 4 aromatic rings. The molecule has 2 saturated heterocycles. The van der Waals surface area contributed by atoms with Gasteiger partial charge in [-0.1, -0.05) is 62.9 Å². The summed E-state index contributed by atoms with van der Waals surface area (Å²) in [5, 5.41) is 44.9. The number of nitrogens with zero attached hydrogens (tertiary/aromatic N) is 5. The molecule has 0 radical (unpaired) electrons. The fourth-order valence-corrected chi connectivity index (χ4v) is 27.4. The zero-order chi connectivity index (χ0) is 66.9. The van der Waals surface area contributed by atoms with Gasteiger partial charge in [-0.25, -0.2) is 9.97 Å². The van der Waals surface area contributed by atoms with Gasteiger partial charge in [0.15, 0.2) is 27.4 Å². The van der Waals surface area contributed by atoms with Crippen LogP contribution in [0.15, 0.2) is 66.1 Å². The SMILES string of the molecule is CCCOCCOCCOCCOCCOCCOCCc1cnc(SC[Si](C)(C)O[Si](C)(C)CCCNC(=O)[C@@]2(O)[C@H](O)[C@]3(CC)C=CCN4CC[C@@]5(c6cc([C@@]7(C(=O)OC)C[C@@H]8CN(CCc9c7[nH]c7ccccc97)C[C@](O)(CC)C8)c(OC)cc6N(C)[C@@H]25)[C@@H]43)nc1. The number of carbonyl (C=O) groups is 2. The number of piperidine rings is 1. The van der Waals surface area contributed by atoms with Gasteiger partial charge >= 0.3 is 5.97 Å². The van der Waals surface area contributed by atoms with Crippen LogP contribution >= 0.6 is 11.8 Å². The number of likely N-dealkylation sites (N-methyl/N-ethyl adjacent to an activating group) is 1. The first-order valence-corrected chi connectivity index (χ1v) is 41.7. The Balaban J connectivity index is 0.775. The highest BCUT2D eigenvalue weighted by molar-refractivity contribution is 8.00. The lowest BCUT2D eigenvalue weighted by Crippen LogP contribution is -2.81. The molecular formula is C70H107N7O14SSi2. The summed E-state index contributed by atoms with van der Waals surface area (Å²) >= 11 is 1.61. The topological polar surface area (TPSA) is 241 Å². The minimum atomic E-state index is -2.29. The lowest BCUT2D eigenvalue weighted by molar-refractivity contribution is -0.203. The van der Waals surface area contributed by atoms with Crippen molar-refractivity contribution in [3.05, 3.63) is 88.9 Å². The highest BCUT2D eigenvalue weighted by Crippen LogP contribution is 2.68. The molecule has 94 heavy (non-hydrogen) atoms. The molecule has 5 N–H and O–H groups in total. The van der Waals surface area contributed by atoms with Gasteiger partial charge in [-0.15, -0.1) is 0 Å². The Morgan fingerprint density at radius 3 is 2.11 bits per heavy atom. The van der Waals surface area contributed by atoms with Crippen molar-refractivity contribution < 1.29 is 66.9 Å². The van der Waals surface area contributed by atoms with E-state index in [4.69, 9.17) is 42.0 Å². The summed E-state index contributed by atoms with van der Waals surface area (Å²) < 4.78 is 53.1. The second kappa shape index (κ2) is 31.2. The molecule has 1 unspecified atom stereocenters. The van der Waals surface area contributed by atoms with E-state index in [9.17, 15) is 15.3 Å². The first-order chi connectivity index (χ1) is 45.2. The molecule has 5 aliphatic heterocycles. The van der Waals surface area contributed by atoms with E-state index in [2.05, 4.69) is 100 Å². The number of hydrogen-bond acceptors (Lipinski definition) is 20. The number of aromatic nitrogens is 3. The van der Waals surface area contributed by atoms with E-state index in [0.29, 0.717) is 173 Å². The second-order valence-electron chi connectivity index (χ2n) is 28.2. The number of aromatic amines is 1. The molecule has 1 amide bonds. The average molecular weight is 1360 g/mol. The number of rotatable bonds is 35. The van der Waals surface area contributed by atoms with Gasteiger partial charge < -0.3 is 72.5 Å². The minimum absolute atomic E-state index is 0.111. The number of aliphatic hydroxyl groups is 3. The number of fused-ring (bicyclic) bond motifs is 6. The number of H-pyrrole nitrogens is 1. The van der Waals surface area contributed by atoms with Gasteiger partial charge in [0.2, 0.25) is 0 Å². The summed E-state index contributed by atoms with van der Waals surface area (Å²) in [4.78, 5) is 51.1. The zero-order valence-corrected chi connectivity index (χ0v) is 60.4. The molecule has 1 aliphatic carbocycles. The standard InChI is InChI=1S/C70H107N7O14SSi2/c1-11-28-85-30-32-87-34-36-89-38-39-90-37-35-88-33-31-86-29-21-50-45-72-65(73-46-50)92-49-94(9,10)91-93(7,8)40-17-24-71-63(79)70(82)61-68(23-27-77-25-16-22-67(13-3,60(68)77)62(70)78)54-41-55(58(83-5)42-57(54)75(61)4)69(64(80)84-6)44-51-43-66(81,12-2)48-76(47-51)26-20-53-52-18-14-15-19-56(52)74-59(53)69/h14-16,18-19,22,41-42,45-46,51,60-62,74,78,81-82H,11-13,17,20-21,23-40,43-44,47-49H2,1-10H3,(H,71,79)/t51-,60+,61-,62-,66+,67-,68-,69+,70+/m1/s1. The van der Waals surface area contributed by atoms with E-state index in [-0.39, 0.29) is 18.5 Å². The van der Waals surface area contributed by atoms with Gasteiger partial charge in [0, 0.05) is 115 Å². The number of ether oxygens (including phenoxy) is 8. The number of thioether (sulfide) groups is 1. The van der Waals surface area contributed by atoms with E-state index in [1.165, 1.54) is 7.11 Å². The molecule has 2 bridgehead atoms. The number of hydrogen-bond donors (Lipinski definition) is 5. The Labute approximate surface area is 563 Å². The van der Waals surface area contributed by atoms with Gasteiger partial charge in [0.25, 0.3) is 5.91 Å². The Morgan fingerprint density at radius 2 is 1.47 bits per heavy atom. The van der Waals surface area contributed by atoms with Crippen LogP contribution in [0.4, 0.5) is 5.69 Å². The van der Waals surface area contributed by atoms with Gasteiger partial charge in [-0.3, -0.25) is 19.4 Å². The van der Waals surface area contributed by atoms with Crippen molar-refractivity contribution in [2.24, 2.45) is 11.3 Å². The van der Waals surface area contributed by atoms with Crippen LogP contribution in [-0.4, -0.2) is 243 Å². The van der Waals surface area contributed by atoms with Gasteiger partial charge in [-0.05, 0) is 131 Å². The number of anilines is 1. The molecule has 520 valence electrons. The maximum absolute atomic E-state index is 15.6. The van der Waals surface area contributed by atoms with Gasteiger partial charge in [0.05, 0.1) is 98.5 Å². The number of benzene rings is 2. The van der Waals surface area contributed by atoms with Crippen LogP contribution < -0.4 is 15.0 Å². The van der Waals surface area contributed by atoms with Crippen LogP contribution in [0.1, 0.15) is 93.7 Å². The largest absolute Gasteiger partial charge is 0.496 e. The Kier molecular flexibility index (Phi) is 24.1. The fourth-order valence-electron chi connectivity index (χ4n) is 17.0. The second-order valence-corrected chi connectivity index (χ2v) is 38.4. The monoisotopic (exact) mass is 1360 g/mol. The van der Waals surface area contributed by atoms with Crippen LogP contribution in [0.25, 0.3) is 10.9 Å². The van der Waals surface area contributed by atoms with Gasteiger partial charge in [0.1, 0.15) is 17.3 Å². The predicted octanol–water partition coefficient (Wildman–Crippen LogP) is 7.35. The maximum Gasteiger partial charge on any atom is 0.322 e. The molecule has 3 fully saturated rings. The molecule has 2 aromatic carbocycles. The van der Waals surface area contributed by atoms with E-state index < -0.39 is 68.1 Å². The Bertz CT molecular complexity index is 3220. The number of aliphatic hydroxyl groups excluding tert-OH is 1. The normalized spacial score (nSPS) is 28.1. The summed E-state index contributed by atoms with van der Waals surface area (Å²) in [7, 11) is 0.493. The molecule has 2 aromatic heterocycles. The molecule has 21 nitrogen and oxygen atoms in total. The summed E-state index contributed by atoms with van der Waals surface area (Å²) in [6.07, 6.45) is 11.8. The minimum Gasteiger partial charge on any atom is -0.496 e. The first-order valence-electron chi connectivity index (χ1n) is 34.5. The number of carbonyl (C=O) groups excluding carboxylic acids is 2. The number of esters is 1. The zero-order valence-electron chi connectivity index (χ0n) is 57.6. The summed E-state index contributed by atoms with van der Waals surface area (Å²) in [5.74, 6) is -0.679. The summed E-state index contributed by atoms with van der Waals surface area (Å²) in [6.45, 7) is 25.2. The molecule has 1 saturated carbocycles. The summed E-state index contributed by atoms with van der Waals surface area (Å²) in [6, 6.07) is 11.9. The Hall–Kier alpha value is -4.36. The molecule has 1 spiro atoms. The van der Waals surface area contributed by atoms with Crippen LogP contribution in [0.3, 0.4) is 0 Å². The third-order valence-electron chi connectivity index (χ3n) is 21.0. The van der Waals surface area contributed by atoms with E-state index in [1.807, 2.05) is 49.5 Å². The smallest absolute Gasteiger partial charge is 0.322 e. The van der Waals surface area contributed by atoms with E-state index in [0.717, 1.165) is 63.4 Å². The number of nitrogens with one attached hydrogen (secondary N) is 2. The highest BCUT2D eigenvalue weighted by Gasteiger charge is 2.79. The molecule has 10 rings (SSSR count). The Morgan fingerprint density at radius 1 is 0.809 bits per heavy atom. The molecule has 24 heteroatoms. The number of methoxy groups -OCH3 is 2. The lowest BCUT2D eigenvalue weighted by atomic mass is 9.47. The van der Waals surface area contributed by atoms with E-state index >= 15 is 9.59 Å². The van der Waals surface area contributed by atoms with Crippen LogP contribution in [0, 0.1) is 11.3 Å². The quantitative estimate of drug-likeness (QED) is 0.00755. The number of amides is 1. The van der Waals surface area contributed by atoms with Crippen LogP contribution in [0.2, 0.25) is 32.2 Å². The number of para-hydroxylation sites is 1. The van der Waals surface area contributed by atoms with Crippen molar-refractivity contribution in [3.8, 4) is 5.75 Å². The van der Waals surface area contributed by atoms with Crippen molar-refractivity contribution in [3.63, 3.8) is 0 Å². The summed E-state index contributed by atoms with van der Waals surface area (Å²) in [5.41, 5.74) is -0.603. The first kappa shape index (κ1) is 72.4. The van der Waals surface area contributed by atoms with Crippen molar-refractivity contribution in [2.45, 2.75) is 156 Å². The van der Waals surface area contributed by atoms with Crippen molar-refractivity contribution >= 4 is 56.9 Å².